The van der Waals surface area contributed by atoms with Crippen LogP contribution in [0.3, 0.4) is 0 Å². The molecule has 0 aliphatic carbocycles. The Morgan fingerprint density at radius 2 is 2.04 bits per heavy atom. The number of esters is 1. The predicted octanol–water partition coefficient (Wildman–Crippen LogP) is 4.08. The van der Waals surface area contributed by atoms with Crippen LogP contribution in [0, 0.1) is 12.3 Å². The largest absolute Gasteiger partial charge is 0.405 e. The van der Waals surface area contributed by atoms with Crippen LogP contribution in [0.25, 0.3) is 5.69 Å². The van der Waals surface area contributed by atoms with Crippen molar-refractivity contribution in [3.8, 4) is 23.9 Å². The molecule has 0 radical (unpaired) electrons. The van der Waals surface area contributed by atoms with Crippen LogP contribution >= 0.6 is 0 Å². The number of imidazole rings is 1. The van der Waals surface area contributed by atoms with E-state index in [0.717, 1.165) is 33.8 Å². The van der Waals surface area contributed by atoms with E-state index in [1.165, 1.54) is 0 Å². The number of carbonyl (C=O) groups excluding carboxylic acids is 1. The summed E-state index contributed by atoms with van der Waals surface area (Å²) in [4.78, 5) is 21.1. The predicted molar refractivity (Wildman–Crippen MR) is 108 cm³/mol. The fraction of sp³-hybridized carbons (Fsp3) is 0.174. The van der Waals surface area contributed by atoms with Crippen molar-refractivity contribution in [1.29, 1.82) is 0 Å². The van der Waals surface area contributed by atoms with Gasteiger partial charge in [-0.25, -0.2) is 4.98 Å². The lowest BCUT2D eigenvalue weighted by Crippen LogP contribution is -2.09. The second-order valence-corrected chi connectivity index (χ2v) is 6.53. The second-order valence-electron chi connectivity index (χ2n) is 6.53. The van der Waals surface area contributed by atoms with Crippen molar-refractivity contribution < 1.29 is 9.53 Å². The van der Waals surface area contributed by atoms with Gasteiger partial charge in [-0.2, -0.15) is 0 Å². The standard InChI is InChI=1S/C23H19N3O2/c1-4-16-11-12-19-18(13-16)21(17-9-7-6-8-10-17)25-15(3)22-23(24-14-26(19)22)28-20(27)5-2/h1,6-15H,5H2,2-3H3. The molecule has 4 rings (SSSR count). The molecule has 1 aromatic heterocycles. The van der Waals surface area contributed by atoms with E-state index in [0.29, 0.717) is 5.88 Å². The molecule has 1 atom stereocenters. The SMILES string of the molecule is C#Cc1ccc2c(c1)C(c1ccccc1)=NC(C)c1c(OC(=O)CC)ncn1-2. The Labute approximate surface area is 163 Å². The first kappa shape index (κ1) is 17.7. The average Bonchev–Trinajstić information content (AvgIpc) is 3.10. The number of aromatic nitrogens is 2. The first-order valence-electron chi connectivity index (χ1n) is 9.15. The van der Waals surface area contributed by atoms with Gasteiger partial charge >= 0.3 is 5.97 Å². The van der Waals surface area contributed by atoms with Crippen molar-refractivity contribution in [3.05, 3.63) is 77.2 Å². The molecule has 28 heavy (non-hydrogen) atoms. The third kappa shape index (κ3) is 2.99. The van der Waals surface area contributed by atoms with Crippen LogP contribution in [-0.2, 0) is 4.79 Å². The molecule has 138 valence electrons. The van der Waals surface area contributed by atoms with Crippen LogP contribution < -0.4 is 4.74 Å². The maximum Gasteiger partial charge on any atom is 0.312 e. The summed E-state index contributed by atoms with van der Waals surface area (Å²) in [6, 6.07) is 15.5. The number of hydrogen-bond donors (Lipinski definition) is 0. The average molecular weight is 369 g/mol. The van der Waals surface area contributed by atoms with E-state index < -0.39 is 0 Å². The van der Waals surface area contributed by atoms with Gasteiger partial charge < -0.3 is 4.74 Å². The summed E-state index contributed by atoms with van der Waals surface area (Å²) < 4.78 is 7.38. The summed E-state index contributed by atoms with van der Waals surface area (Å²) in [5, 5.41) is 0. The zero-order valence-corrected chi connectivity index (χ0v) is 15.7. The normalized spacial score (nSPS) is 14.9. The third-order valence-electron chi connectivity index (χ3n) is 4.71. The van der Waals surface area contributed by atoms with Crippen LogP contribution in [0.5, 0.6) is 5.88 Å². The van der Waals surface area contributed by atoms with Crippen molar-refractivity contribution in [2.24, 2.45) is 4.99 Å². The minimum atomic E-state index is -0.326. The molecule has 1 unspecified atom stereocenters. The summed E-state index contributed by atoms with van der Waals surface area (Å²) in [5.74, 6) is 2.66. The highest BCUT2D eigenvalue weighted by Gasteiger charge is 2.27. The molecule has 1 aliphatic rings. The second kappa shape index (κ2) is 7.16. The Hall–Kier alpha value is -3.65. The lowest BCUT2D eigenvalue weighted by molar-refractivity contribution is -0.134. The highest BCUT2D eigenvalue weighted by Crippen LogP contribution is 2.35. The monoisotopic (exact) mass is 369 g/mol. The maximum atomic E-state index is 11.8. The van der Waals surface area contributed by atoms with E-state index in [1.54, 1.807) is 13.3 Å². The van der Waals surface area contributed by atoms with E-state index in [1.807, 2.05) is 60.0 Å². The molecule has 0 saturated carbocycles. The molecule has 5 nitrogen and oxygen atoms in total. The third-order valence-corrected chi connectivity index (χ3v) is 4.71. The zero-order valence-electron chi connectivity index (χ0n) is 15.7. The molecule has 3 aromatic rings. The zero-order chi connectivity index (χ0) is 19.7. The first-order chi connectivity index (χ1) is 13.6. The molecular formula is C23H19N3O2. The van der Waals surface area contributed by atoms with E-state index >= 15 is 0 Å². The Balaban J connectivity index is 1.96. The molecule has 0 bridgehead atoms. The lowest BCUT2D eigenvalue weighted by Gasteiger charge is -2.12. The number of terminal acetylenes is 1. The number of nitrogens with zero attached hydrogens (tertiary/aromatic N) is 3. The Morgan fingerprint density at radius 3 is 2.75 bits per heavy atom. The van der Waals surface area contributed by atoms with Crippen molar-refractivity contribution >= 4 is 11.7 Å². The quantitative estimate of drug-likeness (QED) is 0.516. The van der Waals surface area contributed by atoms with Gasteiger partial charge in [0.15, 0.2) is 0 Å². The van der Waals surface area contributed by atoms with Gasteiger partial charge in [0.05, 0.1) is 17.4 Å². The number of fused-ring (bicyclic) bond motifs is 3. The molecule has 2 aromatic carbocycles. The number of hydrogen-bond acceptors (Lipinski definition) is 4. The summed E-state index contributed by atoms with van der Waals surface area (Å²) in [6.07, 6.45) is 7.58. The van der Waals surface area contributed by atoms with E-state index in [4.69, 9.17) is 16.2 Å². The summed E-state index contributed by atoms with van der Waals surface area (Å²) in [6.45, 7) is 3.72. The molecule has 0 amide bonds. The minimum absolute atomic E-state index is 0.265. The molecular weight excluding hydrogens is 350 g/mol. The molecule has 0 N–H and O–H groups in total. The van der Waals surface area contributed by atoms with Gasteiger partial charge in [-0.15, -0.1) is 6.42 Å². The Kier molecular flexibility index (Phi) is 4.54. The van der Waals surface area contributed by atoms with Gasteiger partial charge in [-0.05, 0) is 25.1 Å². The van der Waals surface area contributed by atoms with Crippen molar-refractivity contribution in [1.82, 2.24) is 9.55 Å². The Morgan fingerprint density at radius 1 is 1.25 bits per heavy atom. The maximum absolute atomic E-state index is 11.8. The number of carbonyl (C=O) groups is 1. The Bertz CT molecular complexity index is 1120. The van der Waals surface area contributed by atoms with Gasteiger partial charge in [-0.1, -0.05) is 43.2 Å². The molecule has 5 heteroatoms. The van der Waals surface area contributed by atoms with Crippen LogP contribution in [0.15, 0.2) is 59.9 Å². The number of ether oxygens (including phenoxy) is 1. The molecule has 0 fully saturated rings. The van der Waals surface area contributed by atoms with Gasteiger partial charge in [0.1, 0.15) is 12.0 Å². The summed E-state index contributed by atoms with van der Waals surface area (Å²) in [5.41, 5.74) is 5.16. The van der Waals surface area contributed by atoms with E-state index in [9.17, 15) is 4.79 Å². The number of rotatable bonds is 3. The van der Waals surface area contributed by atoms with Crippen molar-refractivity contribution in [3.63, 3.8) is 0 Å². The van der Waals surface area contributed by atoms with Crippen LogP contribution in [0.4, 0.5) is 0 Å². The van der Waals surface area contributed by atoms with Gasteiger partial charge in [0.2, 0.25) is 5.88 Å². The number of aliphatic imine (C=N–C) groups is 1. The fourth-order valence-electron chi connectivity index (χ4n) is 3.35. The first-order valence-corrected chi connectivity index (χ1v) is 9.15. The van der Waals surface area contributed by atoms with Crippen molar-refractivity contribution in [2.75, 3.05) is 0 Å². The smallest absolute Gasteiger partial charge is 0.312 e. The summed E-state index contributed by atoms with van der Waals surface area (Å²) in [7, 11) is 0. The lowest BCUT2D eigenvalue weighted by atomic mass is 9.98. The molecule has 1 aliphatic heterocycles. The van der Waals surface area contributed by atoms with Gasteiger partial charge in [0, 0.05) is 23.1 Å². The van der Waals surface area contributed by atoms with E-state index in [-0.39, 0.29) is 18.4 Å². The molecule has 0 saturated heterocycles. The highest BCUT2D eigenvalue weighted by molar-refractivity contribution is 6.15. The minimum Gasteiger partial charge on any atom is -0.405 e. The van der Waals surface area contributed by atoms with Gasteiger partial charge in [-0.3, -0.25) is 14.4 Å². The summed E-state index contributed by atoms with van der Waals surface area (Å²) >= 11 is 0. The van der Waals surface area contributed by atoms with Crippen LogP contribution in [0.2, 0.25) is 0 Å². The number of benzene rings is 2. The van der Waals surface area contributed by atoms with Crippen LogP contribution in [-0.4, -0.2) is 21.2 Å². The molecule has 2 heterocycles. The fourth-order valence-corrected chi connectivity index (χ4v) is 3.35. The highest BCUT2D eigenvalue weighted by atomic mass is 16.5. The van der Waals surface area contributed by atoms with Crippen LogP contribution in [0.1, 0.15) is 48.7 Å². The topological polar surface area (TPSA) is 56.5 Å². The van der Waals surface area contributed by atoms with E-state index in [2.05, 4.69) is 10.9 Å². The molecule has 0 spiro atoms. The van der Waals surface area contributed by atoms with Crippen molar-refractivity contribution in [2.45, 2.75) is 26.3 Å². The van der Waals surface area contributed by atoms with Gasteiger partial charge in [0.25, 0.3) is 0 Å².